The predicted octanol–water partition coefficient (Wildman–Crippen LogP) is 3.76. The Morgan fingerprint density at radius 1 is 1.15 bits per heavy atom. The molecule has 0 radical (unpaired) electrons. The van der Waals surface area contributed by atoms with Crippen LogP contribution in [0.5, 0.6) is 17.2 Å². The van der Waals surface area contributed by atoms with E-state index in [2.05, 4.69) is 14.6 Å². The Morgan fingerprint density at radius 3 is 2.33 bits per heavy atom. The monoisotopic (exact) mass is 398 g/mol. The van der Waals surface area contributed by atoms with Gasteiger partial charge in [0.25, 0.3) is 5.91 Å². The molecule has 1 aromatic carbocycles. The van der Waals surface area contributed by atoms with Crippen LogP contribution < -0.4 is 14.2 Å². The van der Waals surface area contributed by atoms with Crippen LogP contribution in [0.1, 0.15) is 24.8 Å². The zero-order chi connectivity index (χ0) is 19.4. The fraction of sp³-hybridized carbons (Fsp3) is 0.444. The number of thioether (sulfide) groups is 1. The maximum Gasteiger partial charge on any atom is 0.387 e. The van der Waals surface area contributed by atoms with Crippen molar-refractivity contribution in [3.05, 3.63) is 22.6 Å². The minimum Gasteiger partial charge on any atom is -0.493 e. The maximum absolute atomic E-state index is 12.6. The number of amidine groups is 1. The zero-order valence-corrected chi connectivity index (χ0v) is 15.9. The van der Waals surface area contributed by atoms with Crippen molar-refractivity contribution in [2.45, 2.75) is 25.9 Å². The molecule has 0 atom stereocenters. The van der Waals surface area contributed by atoms with Crippen molar-refractivity contribution in [3.8, 4) is 17.2 Å². The largest absolute Gasteiger partial charge is 0.493 e. The average Bonchev–Trinajstić information content (AvgIpc) is 3.03. The number of ether oxygens (including phenoxy) is 3. The first-order chi connectivity index (χ1) is 13.0. The molecule has 0 bridgehead atoms. The van der Waals surface area contributed by atoms with Gasteiger partial charge in [0.2, 0.25) is 5.75 Å². The van der Waals surface area contributed by atoms with Crippen molar-refractivity contribution in [2.24, 2.45) is 4.99 Å². The van der Waals surface area contributed by atoms with Crippen LogP contribution in [0.25, 0.3) is 6.08 Å². The second-order valence-corrected chi connectivity index (χ2v) is 7.00. The Morgan fingerprint density at radius 2 is 1.78 bits per heavy atom. The van der Waals surface area contributed by atoms with E-state index in [4.69, 9.17) is 9.47 Å². The van der Waals surface area contributed by atoms with Crippen LogP contribution in [-0.4, -0.2) is 49.9 Å². The number of aliphatic imine (C=N–C) groups is 1. The number of methoxy groups -OCH3 is 2. The lowest BCUT2D eigenvalue weighted by atomic mass is 10.1. The summed E-state index contributed by atoms with van der Waals surface area (Å²) in [6, 6.07) is 3.03. The third-order valence-electron chi connectivity index (χ3n) is 4.22. The predicted molar refractivity (Wildman–Crippen MR) is 99.6 cm³/mol. The van der Waals surface area contributed by atoms with E-state index >= 15 is 0 Å². The van der Waals surface area contributed by atoms with E-state index in [1.54, 1.807) is 6.08 Å². The third kappa shape index (κ3) is 4.52. The summed E-state index contributed by atoms with van der Waals surface area (Å²) in [5.41, 5.74) is 0.566. The molecule has 0 saturated carbocycles. The number of halogens is 2. The molecule has 1 fully saturated rings. The van der Waals surface area contributed by atoms with Crippen LogP contribution in [-0.2, 0) is 4.79 Å². The molecule has 1 amide bonds. The average molecular weight is 398 g/mol. The van der Waals surface area contributed by atoms with E-state index in [1.807, 2.05) is 0 Å². The highest BCUT2D eigenvalue weighted by atomic mass is 32.2. The molecular formula is C18H20F2N2O4S. The van der Waals surface area contributed by atoms with E-state index in [9.17, 15) is 13.6 Å². The summed E-state index contributed by atoms with van der Waals surface area (Å²) in [5, 5.41) is 0.711. The van der Waals surface area contributed by atoms with Crippen LogP contribution in [0.4, 0.5) is 8.78 Å². The Labute approximate surface area is 160 Å². The van der Waals surface area contributed by atoms with Crippen LogP contribution in [0, 0.1) is 0 Å². The van der Waals surface area contributed by atoms with E-state index in [0.717, 1.165) is 25.9 Å². The topological polar surface area (TPSA) is 60.4 Å². The van der Waals surface area contributed by atoms with Crippen LogP contribution in [0.2, 0.25) is 0 Å². The molecule has 3 rings (SSSR count). The highest BCUT2D eigenvalue weighted by molar-refractivity contribution is 8.18. The number of hydrogen-bond donors (Lipinski definition) is 0. The fourth-order valence-electron chi connectivity index (χ4n) is 2.96. The first-order valence-corrected chi connectivity index (χ1v) is 9.32. The molecule has 2 heterocycles. The lowest BCUT2D eigenvalue weighted by Crippen LogP contribution is -2.33. The second-order valence-electron chi connectivity index (χ2n) is 5.99. The molecule has 27 heavy (non-hydrogen) atoms. The van der Waals surface area contributed by atoms with Gasteiger partial charge in [-0.3, -0.25) is 4.79 Å². The molecule has 1 saturated heterocycles. The zero-order valence-electron chi connectivity index (χ0n) is 15.0. The SMILES string of the molecule is COc1cc(/C=C2\SC(N3CCCCC3)=NC2=O)cc(OC)c1OC(F)F. The second kappa shape index (κ2) is 8.60. The summed E-state index contributed by atoms with van der Waals surface area (Å²) in [6.45, 7) is -1.22. The summed E-state index contributed by atoms with van der Waals surface area (Å²) in [5.74, 6) is -0.317. The van der Waals surface area contributed by atoms with E-state index in [1.165, 1.54) is 44.5 Å². The van der Waals surface area contributed by atoms with Crippen molar-refractivity contribution >= 4 is 28.9 Å². The quantitative estimate of drug-likeness (QED) is 0.704. The molecule has 0 spiro atoms. The molecule has 2 aliphatic heterocycles. The van der Waals surface area contributed by atoms with Gasteiger partial charge in [0.05, 0.1) is 19.1 Å². The highest BCUT2D eigenvalue weighted by Gasteiger charge is 2.27. The number of carbonyl (C=O) groups excluding carboxylic acids is 1. The molecule has 0 aliphatic carbocycles. The van der Waals surface area contributed by atoms with Gasteiger partial charge in [-0.05, 0) is 54.8 Å². The van der Waals surface area contributed by atoms with Gasteiger partial charge in [-0.15, -0.1) is 0 Å². The number of benzene rings is 1. The molecule has 1 aromatic rings. The van der Waals surface area contributed by atoms with Crippen LogP contribution in [0.3, 0.4) is 0 Å². The number of likely N-dealkylation sites (tertiary alicyclic amines) is 1. The Balaban J connectivity index is 1.85. The van der Waals surface area contributed by atoms with E-state index in [-0.39, 0.29) is 23.2 Å². The Kier molecular flexibility index (Phi) is 6.20. The summed E-state index contributed by atoms with van der Waals surface area (Å²) < 4.78 is 40.1. The van der Waals surface area contributed by atoms with Gasteiger partial charge in [-0.1, -0.05) is 0 Å². The van der Waals surface area contributed by atoms with Gasteiger partial charge >= 0.3 is 6.61 Å². The fourth-order valence-corrected chi connectivity index (χ4v) is 3.92. The number of alkyl halides is 2. The van der Waals surface area contributed by atoms with Gasteiger partial charge in [0, 0.05) is 13.1 Å². The van der Waals surface area contributed by atoms with Crippen molar-refractivity contribution in [2.75, 3.05) is 27.3 Å². The smallest absolute Gasteiger partial charge is 0.387 e. The normalized spacial score (nSPS) is 18.9. The van der Waals surface area contributed by atoms with Gasteiger partial charge in [0.1, 0.15) is 0 Å². The lowest BCUT2D eigenvalue weighted by Gasteiger charge is -2.27. The van der Waals surface area contributed by atoms with Crippen molar-refractivity contribution in [1.29, 1.82) is 0 Å². The molecule has 146 valence electrons. The molecule has 0 aromatic heterocycles. The molecule has 0 unspecified atom stereocenters. The van der Waals surface area contributed by atoms with Crippen LogP contribution in [0.15, 0.2) is 22.0 Å². The summed E-state index contributed by atoms with van der Waals surface area (Å²) in [6.07, 6.45) is 5.02. The Bertz CT molecular complexity index is 752. The first kappa shape index (κ1) is 19.5. The molecule has 9 heteroatoms. The van der Waals surface area contributed by atoms with Gasteiger partial charge in [-0.2, -0.15) is 13.8 Å². The number of nitrogens with zero attached hydrogens (tertiary/aromatic N) is 2. The van der Waals surface area contributed by atoms with Crippen LogP contribution >= 0.6 is 11.8 Å². The number of carbonyl (C=O) groups is 1. The number of rotatable bonds is 5. The standard InChI is InChI=1S/C18H20F2N2O4S/c1-24-12-8-11(9-13(25-2)15(12)26-17(19)20)10-14-16(23)21-18(27-14)22-6-4-3-5-7-22/h8-10,17H,3-7H2,1-2H3/b14-10-. The lowest BCUT2D eigenvalue weighted by molar-refractivity contribution is -0.113. The maximum atomic E-state index is 12.6. The van der Waals surface area contributed by atoms with E-state index in [0.29, 0.717) is 15.6 Å². The molecule has 0 N–H and O–H groups in total. The highest BCUT2D eigenvalue weighted by Crippen LogP contribution is 2.41. The summed E-state index contributed by atoms with van der Waals surface area (Å²) in [4.78, 5) is 19.0. The molecule has 6 nitrogen and oxygen atoms in total. The minimum atomic E-state index is -3.01. The third-order valence-corrected chi connectivity index (χ3v) is 5.27. The number of piperidine rings is 1. The molecular weight excluding hydrogens is 378 g/mol. The summed E-state index contributed by atoms with van der Waals surface area (Å²) >= 11 is 1.32. The van der Waals surface area contributed by atoms with Crippen molar-refractivity contribution < 1.29 is 27.8 Å². The van der Waals surface area contributed by atoms with Crippen molar-refractivity contribution in [3.63, 3.8) is 0 Å². The van der Waals surface area contributed by atoms with Gasteiger partial charge < -0.3 is 19.1 Å². The van der Waals surface area contributed by atoms with Gasteiger partial charge in [-0.25, -0.2) is 0 Å². The van der Waals surface area contributed by atoms with Crippen molar-refractivity contribution in [1.82, 2.24) is 4.90 Å². The number of amides is 1. The molecule has 2 aliphatic rings. The Hall–Kier alpha value is -2.29. The minimum absolute atomic E-state index is 0.0918. The van der Waals surface area contributed by atoms with E-state index < -0.39 is 6.61 Å². The van der Waals surface area contributed by atoms with Gasteiger partial charge in [0.15, 0.2) is 16.7 Å². The summed E-state index contributed by atoms with van der Waals surface area (Å²) in [7, 11) is 2.69. The number of hydrogen-bond acceptors (Lipinski definition) is 6. The first-order valence-electron chi connectivity index (χ1n) is 8.50.